The number of rotatable bonds is 8. The Labute approximate surface area is 195 Å². The minimum Gasteiger partial charge on any atom is -0.493 e. The molecular formula is C23H31IN4O2. The normalized spacial score (nSPS) is 11.1. The van der Waals surface area contributed by atoms with Crippen LogP contribution in [0, 0.1) is 6.92 Å². The van der Waals surface area contributed by atoms with Gasteiger partial charge < -0.3 is 25.1 Å². The zero-order valence-electron chi connectivity index (χ0n) is 18.0. The molecule has 0 aliphatic rings. The van der Waals surface area contributed by atoms with E-state index in [1.54, 1.807) is 14.2 Å². The first-order valence-corrected chi connectivity index (χ1v) is 9.96. The Hall–Kier alpha value is -2.42. The summed E-state index contributed by atoms with van der Waals surface area (Å²) in [4.78, 5) is 7.78. The van der Waals surface area contributed by atoms with Crippen molar-refractivity contribution in [2.24, 2.45) is 4.99 Å². The maximum absolute atomic E-state index is 5.65. The Morgan fingerprint density at radius 1 is 1.10 bits per heavy atom. The number of halogens is 1. The lowest BCUT2D eigenvalue weighted by molar-refractivity contribution is 0.310. The molecule has 3 rings (SSSR count). The van der Waals surface area contributed by atoms with Crippen molar-refractivity contribution in [3.8, 4) is 11.5 Å². The van der Waals surface area contributed by atoms with Gasteiger partial charge in [-0.1, -0.05) is 24.3 Å². The first-order chi connectivity index (χ1) is 14.2. The number of aromatic nitrogens is 1. The molecule has 0 saturated carbocycles. The SMILES string of the molecule is CCOc1cc(CNC(=NC)NCCc2c(C)[nH]c3ccccc23)ccc1OC.I. The summed E-state index contributed by atoms with van der Waals surface area (Å²) in [6.07, 6.45) is 0.924. The lowest BCUT2D eigenvalue weighted by Gasteiger charge is -2.14. The zero-order valence-corrected chi connectivity index (χ0v) is 20.4. The Kier molecular flexibility index (Phi) is 9.29. The number of para-hydroxylation sites is 1. The topological polar surface area (TPSA) is 70.7 Å². The molecular weight excluding hydrogens is 491 g/mol. The average molecular weight is 522 g/mol. The third-order valence-electron chi connectivity index (χ3n) is 4.91. The van der Waals surface area contributed by atoms with E-state index in [4.69, 9.17) is 9.47 Å². The minimum absolute atomic E-state index is 0. The van der Waals surface area contributed by atoms with Gasteiger partial charge in [0.25, 0.3) is 0 Å². The van der Waals surface area contributed by atoms with Gasteiger partial charge >= 0.3 is 0 Å². The van der Waals surface area contributed by atoms with Crippen molar-refractivity contribution in [2.75, 3.05) is 27.3 Å². The van der Waals surface area contributed by atoms with Crippen LogP contribution in [0.2, 0.25) is 0 Å². The van der Waals surface area contributed by atoms with E-state index >= 15 is 0 Å². The summed E-state index contributed by atoms with van der Waals surface area (Å²) in [5.41, 5.74) is 4.86. The number of hydrogen-bond acceptors (Lipinski definition) is 3. The van der Waals surface area contributed by atoms with Crippen LogP contribution in [0.1, 0.15) is 23.7 Å². The number of benzene rings is 2. The molecule has 0 bridgehead atoms. The van der Waals surface area contributed by atoms with E-state index in [0.29, 0.717) is 13.2 Å². The largest absolute Gasteiger partial charge is 0.493 e. The fraction of sp³-hybridized carbons (Fsp3) is 0.348. The number of fused-ring (bicyclic) bond motifs is 1. The van der Waals surface area contributed by atoms with Crippen LogP contribution in [-0.2, 0) is 13.0 Å². The van der Waals surface area contributed by atoms with Gasteiger partial charge in [-0.25, -0.2) is 0 Å². The Bertz CT molecular complexity index is 984. The average Bonchev–Trinajstić information content (AvgIpc) is 3.06. The van der Waals surface area contributed by atoms with Gasteiger partial charge in [0.2, 0.25) is 0 Å². The molecule has 162 valence electrons. The van der Waals surface area contributed by atoms with Crippen LogP contribution < -0.4 is 20.1 Å². The van der Waals surface area contributed by atoms with E-state index < -0.39 is 0 Å². The van der Waals surface area contributed by atoms with Crippen molar-refractivity contribution in [2.45, 2.75) is 26.8 Å². The van der Waals surface area contributed by atoms with Crippen molar-refractivity contribution < 1.29 is 9.47 Å². The second-order valence-electron chi connectivity index (χ2n) is 6.79. The molecule has 6 nitrogen and oxygen atoms in total. The fourth-order valence-corrected chi connectivity index (χ4v) is 3.47. The highest BCUT2D eigenvalue weighted by Gasteiger charge is 2.09. The van der Waals surface area contributed by atoms with Crippen LogP contribution in [0.4, 0.5) is 0 Å². The monoisotopic (exact) mass is 522 g/mol. The van der Waals surface area contributed by atoms with Gasteiger partial charge in [0.05, 0.1) is 13.7 Å². The molecule has 0 radical (unpaired) electrons. The van der Waals surface area contributed by atoms with Gasteiger partial charge in [0.1, 0.15) is 0 Å². The van der Waals surface area contributed by atoms with Crippen LogP contribution in [0.25, 0.3) is 10.9 Å². The van der Waals surface area contributed by atoms with Crippen LogP contribution in [-0.4, -0.2) is 38.3 Å². The number of aromatic amines is 1. The second-order valence-corrected chi connectivity index (χ2v) is 6.79. The molecule has 1 aromatic heterocycles. The number of methoxy groups -OCH3 is 1. The maximum Gasteiger partial charge on any atom is 0.191 e. The molecule has 7 heteroatoms. The van der Waals surface area contributed by atoms with Gasteiger partial charge in [0, 0.05) is 36.7 Å². The highest BCUT2D eigenvalue weighted by atomic mass is 127. The minimum atomic E-state index is 0. The molecule has 3 N–H and O–H groups in total. The molecule has 0 saturated heterocycles. The van der Waals surface area contributed by atoms with Gasteiger partial charge in [0.15, 0.2) is 17.5 Å². The lowest BCUT2D eigenvalue weighted by atomic mass is 10.1. The van der Waals surface area contributed by atoms with Crippen molar-refractivity contribution in [1.29, 1.82) is 0 Å². The highest BCUT2D eigenvalue weighted by Crippen LogP contribution is 2.28. The molecule has 0 spiro atoms. The summed E-state index contributed by atoms with van der Waals surface area (Å²) in [7, 11) is 3.43. The molecule has 0 aliphatic carbocycles. The third-order valence-corrected chi connectivity index (χ3v) is 4.91. The zero-order chi connectivity index (χ0) is 20.6. The maximum atomic E-state index is 5.65. The Morgan fingerprint density at radius 2 is 1.90 bits per heavy atom. The molecule has 0 aliphatic heterocycles. The van der Waals surface area contributed by atoms with E-state index in [1.165, 1.54) is 22.2 Å². The quantitative estimate of drug-likeness (QED) is 0.233. The summed E-state index contributed by atoms with van der Waals surface area (Å²) in [5.74, 6) is 2.27. The Morgan fingerprint density at radius 3 is 2.63 bits per heavy atom. The first kappa shape index (κ1) is 23.9. The number of nitrogens with one attached hydrogen (secondary N) is 3. The number of nitrogens with zero attached hydrogens (tertiary/aromatic N) is 1. The number of H-pyrrole nitrogens is 1. The molecule has 0 atom stereocenters. The second kappa shape index (κ2) is 11.7. The fourth-order valence-electron chi connectivity index (χ4n) is 3.47. The number of ether oxygens (including phenoxy) is 2. The number of hydrogen-bond donors (Lipinski definition) is 3. The number of aryl methyl sites for hydroxylation is 1. The van der Waals surface area contributed by atoms with Crippen molar-refractivity contribution in [3.63, 3.8) is 0 Å². The summed E-state index contributed by atoms with van der Waals surface area (Å²) in [6.45, 7) is 6.14. The van der Waals surface area contributed by atoms with Gasteiger partial charge in [-0.15, -0.1) is 24.0 Å². The van der Waals surface area contributed by atoms with E-state index in [0.717, 1.165) is 36.0 Å². The smallest absolute Gasteiger partial charge is 0.191 e. The Balaban J connectivity index is 0.00000320. The lowest BCUT2D eigenvalue weighted by Crippen LogP contribution is -2.37. The summed E-state index contributed by atoms with van der Waals surface area (Å²) in [5, 5.41) is 8.05. The predicted octanol–water partition coefficient (Wildman–Crippen LogP) is 4.41. The third kappa shape index (κ3) is 5.81. The van der Waals surface area contributed by atoms with Crippen molar-refractivity contribution in [3.05, 3.63) is 59.3 Å². The molecule has 2 aromatic carbocycles. The summed E-state index contributed by atoms with van der Waals surface area (Å²) >= 11 is 0. The van der Waals surface area contributed by atoms with Gasteiger partial charge in [-0.2, -0.15) is 0 Å². The number of aliphatic imine (C=N–C) groups is 1. The predicted molar refractivity (Wildman–Crippen MR) is 135 cm³/mol. The van der Waals surface area contributed by atoms with Gasteiger partial charge in [-0.3, -0.25) is 4.99 Å². The molecule has 1 heterocycles. The molecule has 0 unspecified atom stereocenters. The molecule has 0 fully saturated rings. The van der Waals surface area contributed by atoms with E-state index in [9.17, 15) is 0 Å². The standard InChI is InChI=1S/C23H30N4O2.HI/c1-5-29-22-14-17(10-11-21(22)28-4)15-26-23(24-3)25-13-12-18-16(2)27-20-9-7-6-8-19(18)20;/h6-11,14,27H,5,12-13,15H2,1-4H3,(H2,24,25,26);1H. The molecule has 3 aromatic rings. The van der Waals surface area contributed by atoms with Crippen LogP contribution in [0.3, 0.4) is 0 Å². The summed E-state index contributed by atoms with van der Waals surface area (Å²) in [6, 6.07) is 14.4. The number of guanidine groups is 1. The highest BCUT2D eigenvalue weighted by molar-refractivity contribution is 14.0. The van der Waals surface area contributed by atoms with E-state index in [-0.39, 0.29) is 24.0 Å². The van der Waals surface area contributed by atoms with E-state index in [2.05, 4.69) is 51.8 Å². The van der Waals surface area contributed by atoms with Crippen molar-refractivity contribution >= 4 is 40.8 Å². The summed E-state index contributed by atoms with van der Waals surface area (Å²) < 4.78 is 11.0. The van der Waals surface area contributed by atoms with Crippen molar-refractivity contribution in [1.82, 2.24) is 15.6 Å². The molecule has 30 heavy (non-hydrogen) atoms. The van der Waals surface area contributed by atoms with Crippen LogP contribution in [0.5, 0.6) is 11.5 Å². The van der Waals surface area contributed by atoms with Crippen LogP contribution >= 0.6 is 24.0 Å². The molecule has 0 amide bonds. The van der Waals surface area contributed by atoms with Gasteiger partial charge in [-0.05, 0) is 49.6 Å². The van der Waals surface area contributed by atoms with E-state index in [1.807, 2.05) is 25.1 Å². The first-order valence-electron chi connectivity index (χ1n) is 9.96. The van der Waals surface area contributed by atoms with Crippen LogP contribution in [0.15, 0.2) is 47.5 Å².